The Balaban J connectivity index is 3.34. The molecule has 0 aromatic carbocycles. The maximum absolute atomic E-state index is 11.5. The minimum atomic E-state index is 0.0930. The molecule has 96 valence electrons. The molecule has 0 spiro atoms. The fourth-order valence-electron chi connectivity index (χ4n) is 1.51. The first-order chi connectivity index (χ1) is 7.59. The topological polar surface area (TPSA) is 29.5 Å². The summed E-state index contributed by atoms with van der Waals surface area (Å²) in [6.45, 7) is 8.46. The van der Waals surface area contributed by atoms with Gasteiger partial charge in [-0.2, -0.15) is 0 Å². The maximum atomic E-state index is 11.5. The van der Waals surface area contributed by atoms with Gasteiger partial charge < -0.3 is 9.64 Å². The Hall–Kier alpha value is -0.570. The van der Waals surface area contributed by atoms with Gasteiger partial charge >= 0.3 is 0 Å². The van der Waals surface area contributed by atoms with Crippen LogP contribution < -0.4 is 0 Å². The molecule has 0 atom stereocenters. The Morgan fingerprint density at radius 1 is 1.19 bits per heavy atom. The maximum Gasteiger partial charge on any atom is 0.224 e. The first kappa shape index (κ1) is 15.4. The summed E-state index contributed by atoms with van der Waals surface area (Å²) in [5, 5.41) is 0. The molecule has 0 aliphatic rings. The predicted octanol–water partition coefficient (Wildman–Crippen LogP) is 2.70. The van der Waals surface area contributed by atoms with E-state index >= 15 is 0 Å². The summed E-state index contributed by atoms with van der Waals surface area (Å²) in [6.07, 6.45) is 4.55. The molecule has 0 saturated carbocycles. The largest absolute Gasteiger partial charge is 0.381 e. The van der Waals surface area contributed by atoms with E-state index in [1.54, 1.807) is 4.90 Å². The number of hydrogen-bond acceptors (Lipinski definition) is 2. The summed E-state index contributed by atoms with van der Waals surface area (Å²) in [7, 11) is 1.86. The van der Waals surface area contributed by atoms with Gasteiger partial charge in [-0.25, -0.2) is 0 Å². The van der Waals surface area contributed by atoms with Gasteiger partial charge in [-0.1, -0.05) is 33.6 Å². The Kier molecular flexibility index (Phi) is 9.30. The Morgan fingerprint density at radius 2 is 1.81 bits per heavy atom. The van der Waals surface area contributed by atoms with Gasteiger partial charge in [0.15, 0.2) is 0 Å². The molecule has 0 radical (unpaired) electrons. The summed E-state index contributed by atoms with van der Waals surface area (Å²) < 4.78 is 5.49. The zero-order valence-electron chi connectivity index (χ0n) is 11.3. The van der Waals surface area contributed by atoms with Crippen LogP contribution in [0.3, 0.4) is 0 Å². The molecule has 0 aliphatic carbocycles. The smallest absolute Gasteiger partial charge is 0.224 e. The molecule has 0 aliphatic heterocycles. The van der Waals surface area contributed by atoms with E-state index in [0.717, 1.165) is 32.6 Å². The minimum absolute atomic E-state index is 0.0930. The lowest BCUT2D eigenvalue weighted by molar-refractivity contribution is -0.133. The highest BCUT2D eigenvalue weighted by Crippen LogP contribution is 2.00. The van der Waals surface area contributed by atoms with E-state index in [9.17, 15) is 4.79 Å². The molecule has 0 aromatic rings. The standard InChI is InChI=1S/C13H27NO2/c1-5-6-7-10-16-11-8-9-14(4)13(15)12(2)3/h12H,5-11H2,1-4H3. The molecule has 0 heterocycles. The molecular formula is C13H27NO2. The van der Waals surface area contributed by atoms with Gasteiger partial charge in [0, 0.05) is 32.7 Å². The molecule has 0 rings (SSSR count). The highest BCUT2D eigenvalue weighted by Gasteiger charge is 2.11. The van der Waals surface area contributed by atoms with Crippen LogP contribution in [0.5, 0.6) is 0 Å². The van der Waals surface area contributed by atoms with Crippen molar-refractivity contribution in [3.05, 3.63) is 0 Å². The van der Waals surface area contributed by atoms with Crippen LogP contribution >= 0.6 is 0 Å². The molecule has 3 nitrogen and oxygen atoms in total. The number of carbonyl (C=O) groups excluding carboxylic acids is 1. The summed E-state index contributed by atoms with van der Waals surface area (Å²) in [5.74, 6) is 0.307. The van der Waals surface area contributed by atoms with Gasteiger partial charge in [0.25, 0.3) is 0 Å². The van der Waals surface area contributed by atoms with E-state index < -0.39 is 0 Å². The summed E-state index contributed by atoms with van der Waals surface area (Å²) >= 11 is 0. The van der Waals surface area contributed by atoms with Crippen molar-refractivity contribution in [2.75, 3.05) is 26.8 Å². The fraction of sp³-hybridized carbons (Fsp3) is 0.923. The van der Waals surface area contributed by atoms with E-state index in [1.165, 1.54) is 12.8 Å². The third kappa shape index (κ3) is 7.69. The minimum Gasteiger partial charge on any atom is -0.381 e. The molecule has 0 N–H and O–H groups in total. The molecule has 1 amide bonds. The second-order valence-corrected chi connectivity index (χ2v) is 4.59. The zero-order chi connectivity index (χ0) is 12.4. The van der Waals surface area contributed by atoms with Crippen molar-refractivity contribution in [2.24, 2.45) is 5.92 Å². The van der Waals surface area contributed by atoms with Crippen LogP contribution in [0.25, 0.3) is 0 Å². The lowest BCUT2D eigenvalue weighted by atomic mass is 10.2. The van der Waals surface area contributed by atoms with Crippen LogP contribution in [0.2, 0.25) is 0 Å². The second-order valence-electron chi connectivity index (χ2n) is 4.59. The number of hydrogen-bond donors (Lipinski definition) is 0. The van der Waals surface area contributed by atoms with Crippen molar-refractivity contribution in [2.45, 2.75) is 46.5 Å². The van der Waals surface area contributed by atoms with Crippen LogP contribution in [0, 0.1) is 5.92 Å². The van der Waals surface area contributed by atoms with Gasteiger partial charge in [0.05, 0.1) is 0 Å². The molecule has 16 heavy (non-hydrogen) atoms. The van der Waals surface area contributed by atoms with Crippen molar-refractivity contribution in [1.82, 2.24) is 4.90 Å². The lowest BCUT2D eigenvalue weighted by Crippen LogP contribution is -2.31. The van der Waals surface area contributed by atoms with Crippen LogP contribution in [-0.2, 0) is 9.53 Å². The third-order valence-electron chi connectivity index (χ3n) is 2.54. The first-order valence-electron chi connectivity index (χ1n) is 6.42. The second kappa shape index (κ2) is 9.64. The van der Waals surface area contributed by atoms with E-state index in [-0.39, 0.29) is 11.8 Å². The van der Waals surface area contributed by atoms with Crippen LogP contribution in [0.15, 0.2) is 0 Å². The fourth-order valence-corrected chi connectivity index (χ4v) is 1.51. The highest BCUT2D eigenvalue weighted by molar-refractivity contribution is 5.77. The normalized spacial score (nSPS) is 10.8. The summed E-state index contributed by atoms with van der Waals surface area (Å²) in [4.78, 5) is 13.3. The lowest BCUT2D eigenvalue weighted by Gasteiger charge is -2.19. The first-order valence-corrected chi connectivity index (χ1v) is 6.42. The third-order valence-corrected chi connectivity index (χ3v) is 2.54. The average Bonchev–Trinajstić information content (AvgIpc) is 2.26. The summed E-state index contributed by atoms with van der Waals surface area (Å²) in [6, 6.07) is 0. The number of ether oxygens (including phenoxy) is 1. The molecular weight excluding hydrogens is 202 g/mol. The molecule has 0 saturated heterocycles. The van der Waals surface area contributed by atoms with Crippen LogP contribution in [0.4, 0.5) is 0 Å². The molecule has 0 bridgehead atoms. The van der Waals surface area contributed by atoms with Gasteiger partial charge in [-0.15, -0.1) is 0 Å². The number of unbranched alkanes of at least 4 members (excludes halogenated alkanes) is 2. The number of nitrogens with zero attached hydrogens (tertiary/aromatic N) is 1. The van der Waals surface area contributed by atoms with Crippen molar-refractivity contribution in [1.29, 1.82) is 0 Å². The molecule has 0 unspecified atom stereocenters. The quantitative estimate of drug-likeness (QED) is 0.569. The van der Waals surface area contributed by atoms with E-state index in [4.69, 9.17) is 4.74 Å². The van der Waals surface area contributed by atoms with Crippen molar-refractivity contribution >= 4 is 5.91 Å². The SMILES string of the molecule is CCCCCOCCCN(C)C(=O)C(C)C. The van der Waals surface area contributed by atoms with E-state index in [0.29, 0.717) is 0 Å². The van der Waals surface area contributed by atoms with Gasteiger partial charge in [-0.3, -0.25) is 4.79 Å². The molecule has 3 heteroatoms. The highest BCUT2D eigenvalue weighted by atomic mass is 16.5. The van der Waals surface area contributed by atoms with E-state index in [2.05, 4.69) is 6.92 Å². The predicted molar refractivity (Wildman–Crippen MR) is 67.4 cm³/mol. The van der Waals surface area contributed by atoms with Crippen molar-refractivity contribution in [3.63, 3.8) is 0 Å². The zero-order valence-corrected chi connectivity index (χ0v) is 11.3. The Labute approximate surface area is 100 Å². The molecule has 0 aromatic heterocycles. The van der Waals surface area contributed by atoms with Crippen molar-refractivity contribution < 1.29 is 9.53 Å². The Morgan fingerprint density at radius 3 is 2.38 bits per heavy atom. The number of carbonyl (C=O) groups is 1. The molecule has 0 fully saturated rings. The van der Waals surface area contributed by atoms with Gasteiger partial charge in [0.1, 0.15) is 0 Å². The monoisotopic (exact) mass is 229 g/mol. The number of rotatable bonds is 9. The van der Waals surface area contributed by atoms with Crippen LogP contribution in [-0.4, -0.2) is 37.6 Å². The van der Waals surface area contributed by atoms with Crippen molar-refractivity contribution in [3.8, 4) is 0 Å². The van der Waals surface area contributed by atoms with Gasteiger partial charge in [-0.05, 0) is 12.8 Å². The Bertz CT molecular complexity index is 181. The number of amides is 1. The summed E-state index contributed by atoms with van der Waals surface area (Å²) in [5.41, 5.74) is 0. The average molecular weight is 229 g/mol. The van der Waals surface area contributed by atoms with E-state index in [1.807, 2.05) is 20.9 Å². The van der Waals surface area contributed by atoms with Crippen LogP contribution in [0.1, 0.15) is 46.5 Å². The van der Waals surface area contributed by atoms with Gasteiger partial charge in [0.2, 0.25) is 5.91 Å².